The van der Waals surface area contributed by atoms with Crippen LogP contribution in [0, 0.1) is 5.92 Å². The van der Waals surface area contributed by atoms with E-state index in [-0.39, 0.29) is 30.2 Å². The molecule has 0 fully saturated rings. The zero-order valence-corrected chi connectivity index (χ0v) is 14.8. The van der Waals surface area contributed by atoms with Crippen molar-refractivity contribution in [3.05, 3.63) is 29.8 Å². The number of nitrogens with one attached hydrogen (secondary N) is 1. The molecule has 1 rings (SSSR count). The van der Waals surface area contributed by atoms with Crippen molar-refractivity contribution in [2.75, 3.05) is 12.3 Å². The fourth-order valence-corrected chi connectivity index (χ4v) is 2.16. The second-order valence-electron chi connectivity index (χ2n) is 5.38. The Morgan fingerprint density at radius 3 is 2.48 bits per heavy atom. The molecule has 3 N–H and O–H groups in total. The lowest BCUT2D eigenvalue weighted by Crippen LogP contribution is -2.46. The van der Waals surface area contributed by atoms with Gasteiger partial charge >= 0.3 is 5.97 Å². The monoisotopic (exact) mass is 342 g/mol. The first-order valence-electron chi connectivity index (χ1n) is 7.78. The predicted molar refractivity (Wildman–Crippen MR) is 94.4 cm³/mol. The highest BCUT2D eigenvalue weighted by Gasteiger charge is 2.26. The molecule has 1 aromatic rings. The molecular formula is C17H27ClN2O3. The third-order valence-corrected chi connectivity index (χ3v) is 3.75. The van der Waals surface area contributed by atoms with Crippen LogP contribution in [0.15, 0.2) is 24.3 Å². The van der Waals surface area contributed by atoms with E-state index in [2.05, 4.69) is 5.32 Å². The molecule has 0 bridgehead atoms. The number of rotatable bonds is 8. The summed E-state index contributed by atoms with van der Waals surface area (Å²) < 4.78 is 5.04. The largest absolute Gasteiger partial charge is 0.464 e. The summed E-state index contributed by atoms with van der Waals surface area (Å²) in [7, 11) is 0. The summed E-state index contributed by atoms with van der Waals surface area (Å²) in [6.45, 7) is 5.97. The average Bonchev–Trinajstić information content (AvgIpc) is 2.51. The minimum absolute atomic E-state index is 0. The van der Waals surface area contributed by atoms with Crippen molar-refractivity contribution < 1.29 is 14.3 Å². The van der Waals surface area contributed by atoms with Crippen LogP contribution >= 0.6 is 12.4 Å². The lowest BCUT2D eigenvalue weighted by atomic mass is 9.98. The molecule has 5 nitrogen and oxygen atoms in total. The number of para-hydroxylation sites is 1. The minimum Gasteiger partial charge on any atom is -0.464 e. The molecule has 0 aliphatic heterocycles. The van der Waals surface area contributed by atoms with Crippen LogP contribution in [0.4, 0.5) is 5.69 Å². The van der Waals surface area contributed by atoms with Crippen molar-refractivity contribution in [3.8, 4) is 0 Å². The summed E-state index contributed by atoms with van der Waals surface area (Å²) in [4.78, 5) is 24.1. The second-order valence-corrected chi connectivity index (χ2v) is 5.38. The summed E-state index contributed by atoms with van der Waals surface area (Å²) in [5.41, 5.74) is 7.48. The Balaban J connectivity index is 0.00000484. The fourth-order valence-electron chi connectivity index (χ4n) is 2.16. The van der Waals surface area contributed by atoms with Crippen LogP contribution in [0.5, 0.6) is 0 Å². The summed E-state index contributed by atoms with van der Waals surface area (Å²) in [5.74, 6) is -0.504. The molecule has 0 aliphatic carbocycles. The molecule has 0 saturated carbocycles. The predicted octanol–water partition coefficient (Wildman–Crippen LogP) is 2.72. The highest BCUT2D eigenvalue weighted by molar-refractivity contribution is 5.85. The number of nitrogens with two attached hydrogens (primary N) is 1. The van der Waals surface area contributed by atoms with Gasteiger partial charge in [-0.3, -0.25) is 4.79 Å². The maximum atomic E-state index is 12.1. The molecule has 0 heterocycles. The number of esters is 1. The van der Waals surface area contributed by atoms with Gasteiger partial charge in [0.05, 0.1) is 6.61 Å². The summed E-state index contributed by atoms with van der Waals surface area (Å²) >= 11 is 0. The van der Waals surface area contributed by atoms with Crippen molar-refractivity contribution in [3.63, 3.8) is 0 Å². The van der Waals surface area contributed by atoms with E-state index in [0.29, 0.717) is 25.1 Å². The molecule has 23 heavy (non-hydrogen) atoms. The van der Waals surface area contributed by atoms with E-state index in [0.717, 1.165) is 12.0 Å². The molecule has 1 amide bonds. The van der Waals surface area contributed by atoms with Gasteiger partial charge in [0.15, 0.2) is 0 Å². The van der Waals surface area contributed by atoms with E-state index in [9.17, 15) is 9.59 Å². The number of hydrogen-bond acceptors (Lipinski definition) is 4. The van der Waals surface area contributed by atoms with Gasteiger partial charge in [0, 0.05) is 12.1 Å². The zero-order chi connectivity index (χ0) is 16.5. The van der Waals surface area contributed by atoms with Gasteiger partial charge in [-0.25, -0.2) is 4.79 Å². The number of benzene rings is 1. The lowest BCUT2D eigenvalue weighted by Gasteiger charge is -2.22. The van der Waals surface area contributed by atoms with Crippen LogP contribution in [0.25, 0.3) is 0 Å². The molecule has 0 spiro atoms. The Morgan fingerprint density at radius 2 is 1.91 bits per heavy atom. The van der Waals surface area contributed by atoms with Crippen molar-refractivity contribution in [1.29, 1.82) is 0 Å². The van der Waals surface area contributed by atoms with Crippen molar-refractivity contribution >= 4 is 30.0 Å². The first-order chi connectivity index (χ1) is 10.5. The first kappa shape index (κ1) is 21.2. The van der Waals surface area contributed by atoms with E-state index in [1.165, 1.54) is 0 Å². The zero-order valence-electron chi connectivity index (χ0n) is 14.0. The standard InChI is InChI=1S/C17H26N2O3.ClH/c1-4-12(3)16(17(21)22-5-2)19-15(20)11-10-13-8-6-7-9-14(13)18;/h6-9,12,16H,4-5,10-11,18H2,1-3H3,(H,19,20);1H. The molecule has 2 atom stereocenters. The maximum absolute atomic E-state index is 12.1. The number of ether oxygens (including phenoxy) is 1. The molecule has 0 radical (unpaired) electrons. The molecule has 1 aromatic carbocycles. The van der Waals surface area contributed by atoms with Gasteiger partial charge in [-0.1, -0.05) is 38.5 Å². The molecular weight excluding hydrogens is 316 g/mol. The Hall–Kier alpha value is -1.75. The molecule has 0 aromatic heterocycles. The Bertz CT molecular complexity index is 508. The van der Waals surface area contributed by atoms with Crippen LogP contribution < -0.4 is 11.1 Å². The van der Waals surface area contributed by atoms with Gasteiger partial charge in [0.2, 0.25) is 5.91 Å². The number of nitrogen functional groups attached to an aromatic ring is 1. The van der Waals surface area contributed by atoms with Crippen LogP contribution in [-0.4, -0.2) is 24.5 Å². The molecule has 6 heteroatoms. The van der Waals surface area contributed by atoms with Crippen LogP contribution in [-0.2, 0) is 20.7 Å². The number of halogens is 1. The van der Waals surface area contributed by atoms with Crippen LogP contribution in [0.1, 0.15) is 39.2 Å². The van der Waals surface area contributed by atoms with E-state index in [4.69, 9.17) is 10.5 Å². The number of hydrogen-bond donors (Lipinski definition) is 2. The van der Waals surface area contributed by atoms with Gasteiger partial charge in [-0.15, -0.1) is 12.4 Å². The fraction of sp³-hybridized carbons (Fsp3) is 0.529. The Kier molecular flexibility index (Phi) is 10.1. The summed E-state index contributed by atoms with van der Waals surface area (Å²) in [5, 5.41) is 2.79. The minimum atomic E-state index is -0.592. The van der Waals surface area contributed by atoms with E-state index < -0.39 is 6.04 Å². The molecule has 0 saturated heterocycles. The average molecular weight is 343 g/mol. The number of carbonyl (C=O) groups excluding carboxylic acids is 2. The number of aryl methyl sites for hydroxylation is 1. The van der Waals surface area contributed by atoms with Gasteiger partial charge < -0.3 is 15.8 Å². The summed E-state index contributed by atoms with van der Waals surface area (Å²) in [6.07, 6.45) is 1.63. The molecule has 2 unspecified atom stereocenters. The number of carbonyl (C=O) groups is 2. The van der Waals surface area contributed by atoms with Crippen LogP contribution in [0.2, 0.25) is 0 Å². The van der Waals surface area contributed by atoms with E-state index in [1.807, 2.05) is 38.1 Å². The van der Waals surface area contributed by atoms with E-state index >= 15 is 0 Å². The molecule has 130 valence electrons. The topological polar surface area (TPSA) is 81.4 Å². The SMILES string of the molecule is CCOC(=O)C(NC(=O)CCc1ccccc1N)C(C)CC.Cl. The first-order valence-corrected chi connectivity index (χ1v) is 7.78. The van der Waals surface area contributed by atoms with Crippen molar-refractivity contribution in [2.24, 2.45) is 5.92 Å². The second kappa shape index (κ2) is 10.9. The quantitative estimate of drug-likeness (QED) is 0.562. The third-order valence-electron chi connectivity index (χ3n) is 3.75. The van der Waals surface area contributed by atoms with Crippen LogP contribution in [0.3, 0.4) is 0 Å². The maximum Gasteiger partial charge on any atom is 0.328 e. The molecule has 0 aliphatic rings. The van der Waals surface area contributed by atoms with Crippen molar-refractivity contribution in [1.82, 2.24) is 5.32 Å². The van der Waals surface area contributed by atoms with Gasteiger partial charge in [-0.2, -0.15) is 0 Å². The number of anilines is 1. The number of amides is 1. The van der Waals surface area contributed by atoms with E-state index in [1.54, 1.807) is 6.92 Å². The van der Waals surface area contributed by atoms with Crippen molar-refractivity contribution in [2.45, 2.75) is 46.1 Å². The Labute approximate surface area is 144 Å². The van der Waals surface area contributed by atoms with Gasteiger partial charge in [0.25, 0.3) is 0 Å². The smallest absolute Gasteiger partial charge is 0.328 e. The third kappa shape index (κ3) is 6.91. The highest BCUT2D eigenvalue weighted by atomic mass is 35.5. The normalized spacial score (nSPS) is 12.7. The van der Waals surface area contributed by atoms with Gasteiger partial charge in [0.1, 0.15) is 6.04 Å². The highest BCUT2D eigenvalue weighted by Crippen LogP contribution is 2.14. The van der Waals surface area contributed by atoms with Gasteiger partial charge in [-0.05, 0) is 30.9 Å². The summed E-state index contributed by atoms with van der Waals surface area (Å²) in [6, 6.07) is 6.88. The Morgan fingerprint density at radius 1 is 1.26 bits per heavy atom. The lowest BCUT2D eigenvalue weighted by molar-refractivity contribution is -0.149.